The van der Waals surface area contributed by atoms with E-state index in [1.54, 1.807) is 19.1 Å². The van der Waals surface area contributed by atoms with Crippen LogP contribution in [0.5, 0.6) is 0 Å². The van der Waals surface area contributed by atoms with E-state index < -0.39 is 58.9 Å². The summed E-state index contributed by atoms with van der Waals surface area (Å²) in [4.78, 5) is 39.3. The lowest BCUT2D eigenvalue weighted by Gasteiger charge is -2.45. The van der Waals surface area contributed by atoms with Crippen LogP contribution in [0.4, 0.5) is 4.79 Å². The van der Waals surface area contributed by atoms with Gasteiger partial charge in [0.2, 0.25) is 5.60 Å². The van der Waals surface area contributed by atoms with Gasteiger partial charge < -0.3 is 25.0 Å². The summed E-state index contributed by atoms with van der Waals surface area (Å²) in [5, 5.41) is 24.8. The molecule has 0 bridgehead atoms. The van der Waals surface area contributed by atoms with E-state index >= 15 is 0 Å². The highest BCUT2D eigenvalue weighted by Gasteiger charge is 2.66. The van der Waals surface area contributed by atoms with Crippen LogP contribution in [0.1, 0.15) is 39.7 Å². The third kappa shape index (κ3) is 4.40. The Labute approximate surface area is 210 Å². The van der Waals surface area contributed by atoms with Crippen molar-refractivity contribution >= 4 is 17.8 Å². The summed E-state index contributed by atoms with van der Waals surface area (Å²) in [6.07, 6.45) is 3.84. The molecule has 0 radical (unpaired) electrons. The van der Waals surface area contributed by atoms with Gasteiger partial charge in [0.15, 0.2) is 5.78 Å². The topological polar surface area (TPSA) is 122 Å². The summed E-state index contributed by atoms with van der Waals surface area (Å²) in [6.45, 7) is 6.65. The van der Waals surface area contributed by atoms with Crippen molar-refractivity contribution in [2.75, 3.05) is 0 Å². The van der Waals surface area contributed by atoms with Gasteiger partial charge in [0.05, 0.1) is 24.2 Å². The molecule has 8 nitrogen and oxygen atoms in total. The van der Waals surface area contributed by atoms with Gasteiger partial charge in [-0.15, -0.1) is 0 Å². The number of nitrogens with one attached hydrogen (secondary N) is 1. The van der Waals surface area contributed by atoms with Crippen molar-refractivity contribution in [3.05, 3.63) is 71.5 Å². The third-order valence-electron chi connectivity index (χ3n) is 7.79. The molecule has 1 aliphatic carbocycles. The Morgan fingerprint density at radius 1 is 1.11 bits per heavy atom. The van der Waals surface area contributed by atoms with E-state index in [-0.39, 0.29) is 6.42 Å². The quantitative estimate of drug-likeness (QED) is 0.426. The second kappa shape index (κ2) is 9.67. The Bertz CT molecular complexity index is 1140. The number of carbonyl (C=O) groups excluding carboxylic acids is 3. The molecule has 3 N–H and O–H groups in total. The van der Waals surface area contributed by atoms with Crippen molar-refractivity contribution in [3.8, 4) is 0 Å². The maximum Gasteiger partial charge on any atom is 0.514 e. The zero-order valence-corrected chi connectivity index (χ0v) is 20.9. The summed E-state index contributed by atoms with van der Waals surface area (Å²) in [7, 11) is 0. The van der Waals surface area contributed by atoms with Crippen molar-refractivity contribution in [2.24, 2.45) is 17.8 Å². The normalized spacial score (nSPS) is 38.8. The first-order valence-corrected chi connectivity index (χ1v) is 12.2. The molecule has 1 aromatic carbocycles. The van der Waals surface area contributed by atoms with Gasteiger partial charge in [-0.1, -0.05) is 55.0 Å². The maximum atomic E-state index is 13.7. The predicted octanol–water partition coefficient (Wildman–Crippen LogP) is 2.99. The molecule has 1 aromatic rings. The molecule has 2 heterocycles. The number of allylic oxidation sites excluding steroid dienone is 1. The van der Waals surface area contributed by atoms with Gasteiger partial charge in [-0.2, -0.15) is 0 Å². The van der Waals surface area contributed by atoms with Crippen LogP contribution < -0.4 is 5.32 Å². The number of ketones is 1. The molecule has 0 aromatic heterocycles. The minimum atomic E-state index is -1.85. The lowest BCUT2D eigenvalue weighted by atomic mass is 9.63. The highest BCUT2D eigenvalue weighted by molar-refractivity contribution is 5.93. The van der Waals surface area contributed by atoms with Crippen LogP contribution in [0.3, 0.4) is 0 Å². The molecular weight excluding hydrogens is 462 g/mol. The summed E-state index contributed by atoms with van der Waals surface area (Å²) in [5.74, 6) is -3.00. The average molecular weight is 496 g/mol. The van der Waals surface area contributed by atoms with Crippen LogP contribution in [0.15, 0.2) is 66.0 Å². The molecule has 192 valence electrons. The molecule has 1 saturated heterocycles. The van der Waals surface area contributed by atoms with E-state index in [1.807, 2.05) is 44.2 Å². The van der Waals surface area contributed by atoms with Crippen LogP contribution in [-0.4, -0.2) is 51.4 Å². The summed E-state index contributed by atoms with van der Waals surface area (Å²) in [6, 6.07) is 9.29. The highest BCUT2D eigenvalue weighted by atomic mass is 16.7. The second-order valence-electron chi connectivity index (χ2n) is 10.2. The lowest BCUT2D eigenvalue weighted by Crippen LogP contribution is -2.59. The van der Waals surface area contributed by atoms with E-state index in [2.05, 4.69) is 5.32 Å². The number of hydrogen-bond acceptors (Lipinski definition) is 7. The average Bonchev–Trinajstić information content (AvgIpc) is 3.10. The summed E-state index contributed by atoms with van der Waals surface area (Å²) >= 11 is 0. The van der Waals surface area contributed by atoms with Gasteiger partial charge >= 0.3 is 6.16 Å². The molecule has 3 aliphatic rings. The van der Waals surface area contributed by atoms with Crippen LogP contribution in [0, 0.1) is 17.8 Å². The molecule has 36 heavy (non-hydrogen) atoms. The Balaban J connectivity index is 1.82. The minimum absolute atomic E-state index is 0.262. The number of aliphatic hydroxyl groups excluding tert-OH is 1. The number of rotatable bonds is 2. The Hall–Kier alpha value is -3.23. The molecule has 8 heteroatoms. The van der Waals surface area contributed by atoms with E-state index in [9.17, 15) is 24.6 Å². The van der Waals surface area contributed by atoms with Crippen molar-refractivity contribution < 1.29 is 34.1 Å². The van der Waals surface area contributed by atoms with Crippen LogP contribution in [-0.2, 0) is 25.5 Å². The van der Waals surface area contributed by atoms with Crippen molar-refractivity contribution in [1.82, 2.24) is 5.32 Å². The smallest absolute Gasteiger partial charge is 0.416 e. The molecule has 0 saturated carbocycles. The zero-order valence-electron chi connectivity index (χ0n) is 20.9. The fourth-order valence-corrected chi connectivity index (χ4v) is 5.73. The van der Waals surface area contributed by atoms with Gasteiger partial charge in [0.1, 0.15) is 5.60 Å². The molecular formula is C28H33NO7. The number of cyclic esters (lactones) is 1. The molecule has 2 aliphatic heterocycles. The number of benzene rings is 1. The molecule has 0 unspecified atom stereocenters. The maximum absolute atomic E-state index is 13.7. The SMILES string of the molecule is CC1=C(C)[C@H](O)[C@@H]2/C=C/C[C@H](C)C(=O)[C@](C)(O)/C=C/OC(=O)O[C@]23C(=O)N[C@@H](Cc2ccccc2)[C@@H]13. The fraction of sp³-hybridized carbons (Fsp3) is 0.464. The van der Waals surface area contributed by atoms with Crippen molar-refractivity contribution in [1.29, 1.82) is 0 Å². The Kier molecular flexibility index (Phi) is 6.94. The van der Waals surface area contributed by atoms with Gasteiger partial charge in [-0.3, -0.25) is 9.59 Å². The number of aliphatic hydroxyl groups is 2. The number of carbonyl (C=O) groups is 3. The first-order chi connectivity index (χ1) is 17.0. The van der Waals surface area contributed by atoms with E-state index in [4.69, 9.17) is 9.47 Å². The van der Waals surface area contributed by atoms with E-state index in [0.717, 1.165) is 23.5 Å². The van der Waals surface area contributed by atoms with Crippen LogP contribution in [0.2, 0.25) is 0 Å². The summed E-state index contributed by atoms with van der Waals surface area (Å²) < 4.78 is 10.9. The zero-order chi connectivity index (χ0) is 26.3. The Morgan fingerprint density at radius 2 is 1.81 bits per heavy atom. The standard InChI is InChI=1S/C28H33NO7/c1-16-9-8-12-20-23(30)18(3)17(2)22-21(15-19-10-6-5-7-11-19)29-25(32)28(20,22)36-26(33)35-14-13-27(4,34)24(16)31/h5-8,10-14,16,20-23,30,34H,9,15H2,1-4H3,(H,29,32)/b12-8+,14-13+/t16-,20-,21-,22+,23-,27+,28+/m0/s1. The molecule has 7 atom stereocenters. The minimum Gasteiger partial charge on any atom is -0.416 e. The van der Waals surface area contributed by atoms with Crippen molar-refractivity contribution in [2.45, 2.75) is 63.9 Å². The van der Waals surface area contributed by atoms with Crippen LogP contribution in [0.25, 0.3) is 0 Å². The largest absolute Gasteiger partial charge is 0.514 e. The fourth-order valence-electron chi connectivity index (χ4n) is 5.73. The van der Waals surface area contributed by atoms with Gasteiger partial charge in [0.25, 0.3) is 5.91 Å². The second-order valence-corrected chi connectivity index (χ2v) is 10.2. The number of Topliss-reactive ketones (excluding diaryl/α,β-unsaturated/α-hetero) is 1. The number of hydrogen-bond donors (Lipinski definition) is 3. The molecule has 1 spiro atoms. The first kappa shape index (κ1) is 25.9. The van der Waals surface area contributed by atoms with Crippen molar-refractivity contribution in [3.63, 3.8) is 0 Å². The van der Waals surface area contributed by atoms with Crippen LogP contribution >= 0.6 is 0 Å². The van der Waals surface area contributed by atoms with E-state index in [0.29, 0.717) is 12.0 Å². The van der Waals surface area contributed by atoms with Gasteiger partial charge in [-0.25, -0.2) is 4.79 Å². The lowest BCUT2D eigenvalue weighted by molar-refractivity contribution is -0.151. The Morgan fingerprint density at radius 3 is 2.50 bits per heavy atom. The monoisotopic (exact) mass is 495 g/mol. The summed E-state index contributed by atoms with van der Waals surface area (Å²) in [5.41, 5.74) is -1.13. The number of ether oxygens (including phenoxy) is 2. The molecule has 1 amide bonds. The first-order valence-electron chi connectivity index (χ1n) is 12.2. The highest BCUT2D eigenvalue weighted by Crippen LogP contribution is 2.50. The van der Waals surface area contributed by atoms with E-state index in [1.165, 1.54) is 6.92 Å². The third-order valence-corrected chi connectivity index (χ3v) is 7.79. The molecule has 4 rings (SSSR count). The molecule has 1 fully saturated rings. The predicted molar refractivity (Wildman–Crippen MR) is 131 cm³/mol. The van der Waals surface area contributed by atoms with Gasteiger partial charge in [-0.05, 0) is 50.8 Å². The van der Waals surface area contributed by atoms with Gasteiger partial charge in [0, 0.05) is 12.0 Å². The number of amides is 1.